The summed E-state index contributed by atoms with van der Waals surface area (Å²) in [5, 5.41) is 11.2. The van der Waals surface area contributed by atoms with Crippen LogP contribution in [0, 0.1) is 0 Å². The van der Waals surface area contributed by atoms with Crippen LogP contribution in [0.3, 0.4) is 0 Å². The number of benzene rings is 1. The SMILES string of the molecule is CCOC(=O)N1CCC(N2C(=O)C(=O)/C(=C(/O)c3ccccc3OC)C2c2ccccn2)CC1. The number of methoxy groups -OCH3 is 1. The summed E-state index contributed by atoms with van der Waals surface area (Å²) in [6.07, 6.45) is 2.15. The first-order valence-electron chi connectivity index (χ1n) is 11.2. The van der Waals surface area contributed by atoms with E-state index in [0.717, 1.165) is 0 Å². The summed E-state index contributed by atoms with van der Waals surface area (Å²) < 4.78 is 10.4. The zero-order valence-corrected chi connectivity index (χ0v) is 19.1. The first-order valence-corrected chi connectivity index (χ1v) is 11.2. The minimum absolute atomic E-state index is 0.0268. The van der Waals surface area contributed by atoms with Gasteiger partial charge in [0.25, 0.3) is 11.7 Å². The van der Waals surface area contributed by atoms with E-state index in [0.29, 0.717) is 42.9 Å². The van der Waals surface area contributed by atoms with E-state index >= 15 is 0 Å². The Hall–Kier alpha value is -3.88. The molecule has 3 heterocycles. The number of rotatable bonds is 5. The molecule has 2 saturated heterocycles. The number of aromatic nitrogens is 1. The van der Waals surface area contributed by atoms with Gasteiger partial charge in [-0.15, -0.1) is 0 Å². The monoisotopic (exact) mass is 465 g/mol. The van der Waals surface area contributed by atoms with Crippen LogP contribution in [0.15, 0.2) is 54.2 Å². The highest BCUT2D eigenvalue weighted by Gasteiger charge is 2.50. The van der Waals surface area contributed by atoms with Crippen LogP contribution in [0.1, 0.15) is 37.1 Å². The van der Waals surface area contributed by atoms with E-state index in [9.17, 15) is 19.5 Å². The number of aliphatic hydroxyl groups excluding tert-OH is 1. The molecule has 0 aliphatic carbocycles. The zero-order chi connectivity index (χ0) is 24.2. The Bertz CT molecular complexity index is 1110. The van der Waals surface area contributed by atoms with Crippen molar-refractivity contribution in [3.63, 3.8) is 0 Å². The second-order valence-corrected chi connectivity index (χ2v) is 8.08. The molecule has 2 amide bonds. The Kier molecular flexibility index (Phi) is 6.81. The fourth-order valence-corrected chi connectivity index (χ4v) is 4.58. The molecule has 9 nitrogen and oxygen atoms in total. The number of ether oxygens (including phenoxy) is 2. The van der Waals surface area contributed by atoms with Gasteiger partial charge >= 0.3 is 6.09 Å². The molecule has 1 aromatic carbocycles. The third-order valence-electron chi connectivity index (χ3n) is 6.19. The summed E-state index contributed by atoms with van der Waals surface area (Å²) >= 11 is 0. The van der Waals surface area contributed by atoms with Gasteiger partial charge in [-0.05, 0) is 44.0 Å². The number of carbonyl (C=O) groups excluding carboxylic acids is 3. The van der Waals surface area contributed by atoms with Crippen molar-refractivity contribution < 1.29 is 29.0 Å². The van der Waals surface area contributed by atoms with Crippen molar-refractivity contribution >= 4 is 23.5 Å². The molecule has 4 rings (SSSR count). The number of aliphatic hydroxyl groups is 1. The molecule has 1 unspecified atom stereocenters. The Balaban J connectivity index is 1.74. The molecular weight excluding hydrogens is 438 g/mol. The van der Waals surface area contributed by atoms with Crippen LogP contribution in [0.5, 0.6) is 5.75 Å². The van der Waals surface area contributed by atoms with Crippen LogP contribution in [-0.2, 0) is 14.3 Å². The maximum atomic E-state index is 13.3. The largest absolute Gasteiger partial charge is 0.507 e. The second-order valence-electron chi connectivity index (χ2n) is 8.08. The summed E-state index contributed by atoms with van der Waals surface area (Å²) in [5.74, 6) is -1.39. The molecule has 0 radical (unpaired) electrons. The molecule has 2 aliphatic rings. The summed E-state index contributed by atoms with van der Waals surface area (Å²) in [5.41, 5.74) is 0.771. The Morgan fingerprint density at radius 1 is 1.12 bits per heavy atom. The predicted molar refractivity (Wildman–Crippen MR) is 123 cm³/mol. The number of amides is 2. The van der Waals surface area contributed by atoms with Crippen LogP contribution in [0.2, 0.25) is 0 Å². The van der Waals surface area contributed by atoms with Crippen molar-refractivity contribution in [1.29, 1.82) is 0 Å². The van der Waals surface area contributed by atoms with Crippen LogP contribution >= 0.6 is 0 Å². The highest BCUT2D eigenvalue weighted by molar-refractivity contribution is 6.46. The van der Waals surface area contributed by atoms with Crippen molar-refractivity contribution in [3.8, 4) is 5.75 Å². The van der Waals surface area contributed by atoms with Gasteiger partial charge in [0.15, 0.2) is 0 Å². The topological polar surface area (TPSA) is 109 Å². The number of para-hydroxylation sites is 1. The Morgan fingerprint density at radius 3 is 2.47 bits per heavy atom. The lowest BCUT2D eigenvalue weighted by molar-refractivity contribution is -0.142. The van der Waals surface area contributed by atoms with Gasteiger partial charge in [0.1, 0.15) is 17.6 Å². The average molecular weight is 466 g/mol. The van der Waals surface area contributed by atoms with E-state index in [4.69, 9.17) is 9.47 Å². The van der Waals surface area contributed by atoms with Crippen LogP contribution in [-0.4, -0.2) is 70.5 Å². The maximum Gasteiger partial charge on any atom is 0.409 e. The maximum absolute atomic E-state index is 13.3. The van der Waals surface area contributed by atoms with Gasteiger partial charge in [-0.1, -0.05) is 18.2 Å². The van der Waals surface area contributed by atoms with Crippen LogP contribution in [0.4, 0.5) is 4.79 Å². The molecular formula is C25H27N3O6. The van der Waals surface area contributed by atoms with Crippen molar-refractivity contribution in [2.45, 2.75) is 31.8 Å². The van der Waals surface area contributed by atoms with Gasteiger partial charge in [0, 0.05) is 25.3 Å². The zero-order valence-electron chi connectivity index (χ0n) is 19.1. The minimum Gasteiger partial charge on any atom is -0.507 e. The molecule has 1 N–H and O–H groups in total. The fourth-order valence-electron chi connectivity index (χ4n) is 4.58. The molecule has 0 spiro atoms. The summed E-state index contributed by atoms with van der Waals surface area (Å²) in [7, 11) is 1.47. The van der Waals surface area contributed by atoms with E-state index < -0.39 is 17.7 Å². The number of ketones is 1. The number of Topliss-reactive ketones (excluding diaryl/α,β-unsaturated/α-hetero) is 1. The van der Waals surface area contributed by atoms with Gasteiger partial charge in [-0.25, -0.2) is 4.79 Å². The lowest BCUT2D eigenvalue weighted by Gasteiger charge is -2.38. The molecule has 2 aliphatic heterocycles. The molecule has 0 saturated carbocycles. The second kappa shape index (κ2) is 9.94. The number of nitrogens with zero attached hydrogens (tertiary/aromatic N) is 3. The van der Waals surface area contributed by atoms with Crippen molar-refractivity contribution in [2.75, 3.05) is 26.8 Å². The first-order chi connectivity index (χ1) is 16.5. The lowest BCUT2D eigenvalue weighted by Crippen LogP contribution is -2.48. The van der Waals surface area contributed by atoms with Crippen molar-refractivity contribution in [3.05, 3.63) is 65.5 Å². The molecule has 34 heavy (non-hydrogen) atoms. The minimum atomic E-state index is -0.856. The Morgan fingerprint density at radius 2 is 1.82 bits per heavy atom. The highest BCUT2D eigenvalue weighted by atomic mass is 16.6. The van der Waals surface area contributed by atoms with Gasteiger partial charge in [-0.2, -0.15) is 0 Å². The molecule has 1 atom stereocenters. The van der Waals surface area contributed by atoms with E-state index in [2.05, 4.69) is 4.98 Å². The van der Waals surface area contributed by atoms with Gasteiger partial charge in [0.05, 0.1) is 30.5 Å². The van der Waals surface area contributed by atoms with Crippen molar-refractivity contribution in [2.24, 2.45) is 0 Å². The number of likely N-dealkylation sites (tertiary alicyclic amines) is 2. The number of hydrogen-bond donors (Lipinski definition) is 1. The third kappa shape index (κ3) is 4.21. The fraction of sp³-hybridized carbons (Fsp3) is 0.360. The number of pyridine rings is 1. The number of piperidine rings is 1. The summed E-state index contributed by atoms with van der Waals surface area (Å²) in [4.78, 5) is 46.1. The van der Waals surface area contributed by atoms with E-state index in [1.165, 1.54) is 12.0 Å². The first kappa shape index (κ1) is 23.3. The number of hydrogen-bond acceptors (Lipinski definition) is 7. The highest BCUT2D eigenvalue weighted by Crippen LogP contribution is 2.42. The molecule has 1 aromatic heterocycles. The van der Waals surface area contributed by atoms with E-state index in [-0.39, 0.29) is 30.1 Å². The molecule has 2 aromatic rings. The number of carbonyl (C=O) groups is 3. The molecule has 178 valence electrons. The van der Waals surface area contributed by atoms with Crippen LogP contribution < -0.4 is 4.74 Å². The quantitative estimate of drug-likeness (QED) is 0.410. The standard InChI is InChI=1S/C25H27N3O6/c1-3-34-25(32)27-14-11-16(12-15-27)28-21(18-9-6-7-13-26-18)20(23(30)24(28)31)22(29)17-8-4-5-10-19(17)33-2/h4-10,13,16,21,29H,3,11-12,14-15H2,1-2H3/b22-20+. The predicted octanol–water partition coefficient (Wildman–Crippen LogP) is 3.13. The lowest BCUT2D eigenvalue weighted by atomic mass is 9.96. The van der Waals surface area contributed by atoms with Crippen LogP contribution in [0.25, 0.3) is 5.76 Å². The van der Waals surface area contributed by atoms with E-state index in [1.807, 2.05) is 0 Å². The third-order valence-corrected chi connectivity index (χ3v) is 6.19. The average Bonchev–Trinajstić information content (AvgIpc) is 3.14. The molecule has 9 heteroatoms. The molecule has 0 bridgehead atoms. The van der Waals surface area contributed by atoms with Gasteiger partial charge < -0.3 is 24.4 Å². The van der Waals surface area contributed by atoms with E-state index in [1.54, 1.807) is 60.5 Å². The van der Waals surface area contributed by atoms with Crippen molar-refractivity contribution in [1.82, 2.24) is 14.8 Å². The normalized spacial score (nSPS) is 20.5. The summed E-state index contributed by atoms with van der Waals surface area (Å²) in [6.45, 7) is 2.83. The Labute approximate surface area is 197 Å². The molecule has 2 fully saturated rings. The van der Waals surface area contributed by atoms with Gasteiger partial charge in [-0.3, -0.25) is 14.6 Å². The summed E-state index contributed by atoms with van der Waals surface area (Å²) in [6, 6.07) is 10.9. The smallest absolute Gasteiger partial charge is 0.409 e. The van der Waals surface area contributed by atoms with Gasteiger partial charge in [0.2, 0.25) is 0 Å².